The summed E-state index contributed by atoms with van der Waals surface area (Å²) in [7, 11) is 3.56. The first-order chi connectivity index (χ1) is 14.2. The zero-order valence-electron chi connectivity index (χ0n) is 16.9. The third-order valence-corrected chi connectivity index (χ3v) is 5.27. The zero-order valence-corrected chi connectivity index (χ0v) is 16.9. The fraction of sp³-hybridized carbons (Fsp3) is 0.450. The second-order valence-corrected chi connectivity index (χ2v) is 7.13. The number of benzene rings is 1. The van der Waals surface area contributed by atoms with Crippen molar-refractivity contribution in [2.24, 2.45) is 7.05 Å². The Morgan fingerprint density at radius 2 is 1.86 bits per heavy atom. The molecule has 2 aromatic heterocycles. The summed E-state index contributed by atoms with van der Waals surface area (Å²) in [5, 5.41) is 17.9. The predicted molar refractivity (Wildman–Crippen MR) is 112 cm³/mol. The number of aliphatic hydroxyl groups excluding tert-OH is 1. The highest BCUT2D eigenvalue weighted by Crippen LogP contribution is 2.24. The molecule has 0 amide bonds. The van der Waals surface area contributed by atoms with E-state index in [0.29, 0.717) is 19.0 Å². The molecule has 2 N–H and O–H groups in total. The van der Waals surface area contributed by atoms with E-state index in [4.69, 9.17) is 19.8 Å². The van der Waals surface area contributed by atoms with Crippen molar-refractivity contribution in [3.8, 4) is 5.75 Å². The summed E-state index contributed by atoms with van der Waals surface area (Å²) in [6, 6.07) is 7.98. The van der Waals surface area contributed by atoms with E-state index in [1.54, 1.807) is 18.0 Å². The Balaban J connectivity index is 1.54. The largest absolute Gasteiger partial charge is 0.497 e. The fourth-order valence-corrected chi connectivity index (χ4v) is 3.53. The number of aliphatic hydroxyl groups is 1. The van der Waals surface area contributed by atoms with Crippen LogP contribution in [0.3, 0.4) is 0 Å². The minimum absolute atomic E-state index is 0.191. The summed E-state index contributed by atoms with van der Waals surface area (Å²) in [6.07, 6.45) is 1.80. The molecule has 1 aromatic carbocycles. The van der Waals surface area contributed by atoms with Crippen molar-refractivity contribution in [3.05, 3.63) is 36.0 Å². The van der Waals surface area contributed by atoms with E-state index in [1.165, 1.54) is 0 Å². The van der Waals surface area contributed by atoms with Gasteiger partial charge in [0.25, 0.3) is 0 Å². The van der Waals surface area contributed by atoms with Gasteiger partial charge in [-0.05, 0) is 17.7 Å². The van der Waals surface area contributed by atoms with Crippen LogP contribution in [0, 0.1) is 0 Å². The third-order valence-electron chi connectivity index (χ3n) is 5.27. The lowest BCUT2D eigenvalue weighted by atomic mass is 10.2. The maximum atomic E-state index is 9.14. The van der Waals surface area contributed by atoms with E-state index in [2.05, 4.69) is 20.2 Å². The van der Waals surface area contributed by atoms with E-state index in [0.717, 1.165) is 54.3 Å². The number of hydrogen-bond acceptors (Lipinski definition) is 8. The van der Waals surface area contributed by atoms with Crippen molar-refractivity contribution < 1.29 is 9.84 Å². The lowest BCUT2D eigenvalue weighted by Crippen LogP contribution is -2.47. The monoisotopic (exact) mass is 397 g/mol. The molecule has 1 aliphatic heterocycles. The summed E-state index contributed by atoms with van der Waals surface area (Å²) in [5.41, 5.74) is 1.95. The predicted octanol–water partition coefficient (Wildman–Crippen LogP) is 1.10. The Morgan fingerprint density at radius 1 is 1.10 bits per heavy atom. The van der Waals surface area contributed by atoms with Crippen molar-refractivity contribution in [2.45, 2.75) is 6.54 Å². The molecule has 0 atom stereocenters. The number of rotatable bonds is 7. The molecule has 3 heterocycles. The number of ether oxygens (including phenoxy) is 1. The van der Waals surface area contributed by atoms with Gasteiger partial charge in [-0.2, -0.15) is 15.1 Å². The summed E-state index contributed by atoms with van der Waals surface area (Å²) in [4.78, 5) is 14.0. The first kappa shape index (κ1) is 19.4. The van der Waals surface area contributed by atoms with Crippen molar-refractivity contribution in [1.29, 1.82) is 0 Å². The SMILES string of the molecule is COc1ccc(CNc2nc(N3CCN(CCO)CC3)nc3c2cnn3C)cc1. The molecule has 9 heteroatoms. The molecule has 1 fully saturated rings. The van der Waals surface area contributed by atoms with Gasteiger partial charge in [-0.1, -0.05) is 12.1 Å². The number of aromatic nitrogens is 4. The second-order valence-electron chi connectivity index (χ2n) is 7.13. The van der Waals surface area contributed by atoms with E-state index >= 15 is 0 Å². The highest BCUT2D eigenvalue weighted by atomic mass is 16.5. The molecule has 4 rings (SSSR count). The van der Waals surface area contributed by atoms with Crippen molar-refractivity contribution in [3.63, 3.8) is 0 Å². The van der Waals surface area contributed by atoms with Gasteiger partial charge in [0.15, 0.2) is 5.65 Å². The number of piperazine rings is 1. The average Bonchev–Trinajstić information content (AvgIpc) is 3.14. The molecule has 29 heavy (non-hydrogen) atoms. The zero-order chi connectivity index (χ0) is 20.2. The number of methoxy groups -OCH3 is 1. The number of nitrogens with one attached hydrogen (secondary N) is 1. The number of hydrogen-bond donors (Lipinski definition) is 2. The average molecular weight is 397 g/mol. The Labute approximate surface area is 169 Å². The van der Waals surface area contributed by atoms with E-state index in [9.17, 15) is 0 Å². The number of aryl methyl sites for hydroxylation is 1. The third kappa shape index (κ3) is 4.25. The lowest BCUT2D eigenvalue weighted by molar-refractivity contribution is 0.188. The van der Waals surface area contributed by atoms with Gasteiger partial charge < -0.3 is 20.1 Å². The maximum absolute atomic E-state index is 9.14. The molecule has 9 nitrogen and oxygen atoms in total. The Hall–Kier alpha value is -2.91. The van der Waals surface area contributed by atoms with Crippen LogP contribution in [0.25, 0.3) is 11.0 Å². The molecule has 154 valence electrons. The summed E-state index contributed by atoms with van der Waals surface area (Å²) in [5.74, 6) is 2.33. The molecule has 3 aromatic rings. The highest BCUT2D eigenvalue weighted by Gasteiger charge is 2.21. The Morgan fingerprint density at radius 3 is 2.55 bits per heavy atom. The summed E-state index contributed by atoms with van der Waals surface area (Å²) in [6.45, 7) is 5.00. The topological polar surface area (TPSA) is 91.6 Å². The van der Waals surface area contributed by atoms with Crippen LogP contribution in [0.2, 0.25) is 0 Å². The lowest BCUT2D eigenvalue weighted by Gasteiger charge is -2.34. The van der Waals surface area contributed by atoms with Gasteiger partial charge in [0.1, 0.15) is 11.6 Å². The van der Waals surface area contributed by atoms with E-state index < -0.39 is 0 Å². The van der Waals surface area contributed by atoms with Crippen LogP contribution in [-0.4, -0.2) is 76.2 Å². The molecule has 0 radical (unpaired) electrons. The van der Waals surface area contributed by atoms with Gasteiger partial charge in [0.2, 0.25) is 5.95 Å². The molecule has 0 bridgehead atoms. The molecule has 1 saturated heterocycles. The number of anilines is 2. The van der Waals surface area contributed by atoms with Crippen molar-refractivity contribution in [2.75, 3.05) is 56.7 Å². The van der Waals surface area contributed by atoms with Crippen LogP contribution in [0.15, 0.2) is 30.5 Å². The normalized spacial score (nSPS) is 15.1. The highest BCUT2D eigenvalue weighted by molar-refractivity contribution is 5.87. The van der Waals surface area contributed by atoms with Gasteiger partial charge in [0, 0.05) is 46.3 Å². The molecule has 1 aliphatic rings. The van der Waals surface area contributed by atoms with E-state index in [-0.39, 0.29) is 6.61 Å². The molecule has 0 spiro atoms. The standard InChI is InChI=1S/C20H27N7O2/c1-25-19-17(14-22-25)18(21-13-15-3-5-16(29-2)6-4-15)23-20(24-19)27-9-7-26(8-10-27)11-12-28/h3-6,14,28H,7-13H2,1-2H3,(H,21,23,24). The molecular formula is C20H27N7O2. The second kappa shape index (κ2) is 8.62. The smallest absolute Gasteiger partial charge is 0.229 e. The van der Waals surface area contributed by atoms with Crippen molar-refractivity contribution >= 4 is 22.8 Å². The molecule has 0 aliphatic carbocycles. The molecule has 0 unspecified atom stereocenters. The minimum Gasteiger partial charge on any atom is -0.497 e. The van der Waals surface area contributed by atoms with Crippen LogP contribution in [0.4, 0.5) is 11.8 Å². The van der Waals surface area contributed by atoms with Gasteiger partial charge in [-0.3, -0.25) is 9.58 Å². The van der Waals surface area contributed by atoms with Gasteiger partial charge in [-0.15, -0.1) is 0 Å². The van der Waals surface area contributed by atoms with Crippen LogP contribution >= 0.6 is 0 Å². The Kier molecular flexibility index (Phi) is 5.77. The quantitative estimate of drug-likeness (QED) is 0.612. The minimum atomic E-state index is 0.191. The van der Waals surface area contributed by atoms with Gasteiger partial charge >= 0.3 is 0 Å². The first-order valence-corrected chi connectivity index (χ1v) is 9.82. The first-order valence-electron chi connectivity index (χ1n) is 9.82. The van der Waals surface area contributed by atoms with Crippen LogP contribution < -0.4 is 15.0 Å². The number of β-amino-alcohol motifs (C(OH)–C–C–N with tert-alkyl or cyclic N) is 1. The number of fused-ring (bicyclic) bond motifs is 1. The molecule has 0 saturated carbocycles. The van der Waals surface area contributed by atoms with Crippen LogP contribution in [-0.2, 0) is 13.6 Å². The number of nitrogens with zero attached hydrogens (tertiary/aromatic N) is 6. The van der Waals surface area contributed by atoms with E-state index in [1.807, 2.05) is 31.3 Å². The van der Waals surface area contributed by atoms with Crippen LogP contribution in [0.1, 0.15) is 5.56 Å². The summed E-state index contributed by atoms with van der Waals surface area (Å²) < 4.78 is 7.00. The maximum Gasteiger partial charge on any atom is 0.229 e. The fourth-order valence-electron chi connectivity index (χ4n) is 3.53. The Bertz CT molecular complexity index is 949. The van der Waals surface area contributed by atoms with Gasteiger partial charge in [-0.25, -0.2) is 0 Å². The van der Waals surface area contributed by atoms with Crippen molar-refractivity contribution in [1.82, 2.24) is 24.6 Å². The van der Waals surface area contributed by atoms with Crippen LogP contribution in [0.5, 0.6) is 5.75 Å². The molecular weight excluding hydrogens is 370 g/mol. The van der Waals surface area contributed by atoms with Gasteiger partial charge in [0.05, 0.1) is 25.3 Å². The summed E-state index contributed by atoms with van der Waals surface area (Å²) >= 11 is 0.